The molecule has 2 aromatic rings. The van der Waals surface area contributed by atoms with E-state index in [-0.39, 0.29) is 0 Å². The second-order valence-corrected chi connectivity index (χ2v) is 4.85. The molecule has 0 atom stereocenters. The van der Waals surface area contributed by atoms with Crippen LogP contribution in [0.2, 0.25) is 0 Å². The molecule has 0 amide bonds. The maximum atomic E-state index is 10.9. The van der Waals surface area contributed by atoms with Gasteiger partial charge in [0.2, 0.25) is 0 Å². The van der Waals surface area contributed by atoms with Gasteiger partial charge in [0.1, 0.15) is 5.69 Å². The first-order valence-electron chi connectivity index (χ1n) is 5.40. The summed E-state index contributed by atoms with van der Waals surface area (Å²) < 4.78 is 2.83. The Hall–Kier alpha value is -1.42. The van der Waals surface area contributed by atoms with E-state index in [1.165, 1.54) is 5.56 Å². The number of aryl methyl sites for hydroxylation is 3. The molecule has 1 aromatic carbocycles. The summed E-state index contributed by atoms with van der Waals surface area (Å²) in [6.07, 6.45) is 4.23. The zero-order valence-corrected chi connectivity index (χ0v) is 11.1. The van der Waals surface area contributed by atoms with Crippen molar-refractivity contribution in [1.82, 2.24) is 9.55 Å². The van der Waals surface area contributed by atoms with Crippen LogP contribution in [0.25, 0.3) is 0 Å². The average molecular weight is 293 g/mol. The summed E-state index contributed by atoms with van der Waals surface area (Å²) in [4.78, 5) is 15.1. The first-order chi connectivity index (χ1) is 8.20. The Morgan fingerprint density at radius 3 is 2.65 bits per heavy atom. The van der Waals surface area contributed by atoms with Gasteiger partial charge in [0.25, 0.3) is 0 Å². The second kappa shape index (κ2) is 5.27. The minimum atomic E-state index is 0.669. The summed E-state index contributed by atoms with van der Waals surface area (Å²) in [5, 5.41) is 0. The molecule has 1 heterocycles. The van der Waals surface area contributed by atoms with E-state index in [4.69, 9.17) is 0 Å². The van der Waals surface area contributed by atoms with Crippen LogP contribution in [0, 0.1) is 0 Å². The minimum absolute atomic E-state index is 0.669. The van der Waals surface area contributed by atoms with E-state index >= 15 is 0 Å². The third kappa shape index (κ3) is 2.82. The van der Waals surface area contributed by atoms with Gasteiger partial charge in [0.15, 0.2) is 6.29 Å². The Morgan fingerprint density at radius 2 is 2.00 bits per heavy atom. The Balaban J connectivity index is 2.07. The van der Waals surface area contributed by atoms with E-state index in [1.54, 1.807) is 10.9 Å². The van der Waals surface area contributed by atoms with Crippen molar-refractivity contribution >= 4 is 22.2 Å². The molecule has 0 saturated heterocycles. The predicted octanol–water partition coefficient (Wildman–Crippen LogP) is 2.78. The molecule has 0 aliphatic carbocycles. The highest BCUT2D eigenvalue weighted by molar-refractivity contribution is 9.10. The quantitative estimate of drug-likeness (QED) is 0.812. The number of hydrogen-bond donors (Lipinski definition) is 0. The van der Waals surface area contributed by atoms with Crippen molar-refractivity contribution in [3.05, 3.63) is 52.0 Å². The highest BCUT2D eigenvalue weighted by Crippen LogP contribution is 2.13. The molecule has 2 rings (SSSR count). The summed E-state index contributed by atoms with van der Waals surface area (Å²) in [6.45, 7) is 0. The smallest absolute Gasteiger partial charge is 0.168 e. The zero-order valence-electron chi connectivity index (χ0n) is 9.56. The van der Waals surface area contributed by atoms with Crippen LogP contribution in [0.5, 0.6) is 0 Å². The molecule has 4 heteroatoms. The summed E-state index contributed by atoms with van der Waals surface area (Å²) >= 11 is 3.41. The van der Waals surface area contributed by atoms with E-state index in [0.29, 0.717) is 5.69 Å². The van der Waals surface area contributed by atoms with Gasteiger partial charge in [0, 0.05) is 11.5 Å². The van der Waals surface area contributed by atoms with Crippen LogP contribution in [0.4, 0.5) is 0 Å². The third-order valence-electron chi connectivity index (χ3n) is 2.74. The lowest BCUT2D eigenvalue weighted by atomic mass is 10.1. The standard InChI is InChI=1S/C13H13BrN2O/c1-16-9-15-12(13(16)8-17)7-4-10-2-5-11(14)6-3-10/h2-3,5-6,8-9H,4,7H2,1H3. The summed E-state index contributed by atoms with van der Waals surface area (Å²) in [5.74, 6) is 0. The van der Waals surface area contributed by atoms with Crippen LogP contribution in [0.3, 0.4) is 0 Å². The fraction of sp³-hybridized carbons (Fsp3) is 0.231. The molecule has 1 aromatic heterocycles. The van der Waals surface area contributed by atoms with Gasteiger partial charge < -0.3 is 4.57 Å². The van der Waals surface area contributed by atoms with Crippen molar-refractivity contribution in [1.29, 1.82) is 0 Å². The minimum Gasteiger partial charge on any atom is -0.331 e. The van der Waals surface area contributed by atoms with Gasteiger partial charge in [-0.3, -0.25) is 4.79 Å². The van der Waals surface area contributed by atoms with Gasteiger partial charge in [0.05, 0.1) is 12.0 Å². The summed E-state index contributed by atoms with van der Waals surface area (Å²) in [6, 6.07) is 8.20. The van der Waals surface area contributed by atoms with E-state index in [1.807, 2.05) is 19.2 Å². The number of imidazole rings is 1. The van der Waals surface area contributed by atoms with Gasteiger partial charge in [-0.2, -0.15) is 0 Å². The number of nitrogens with zero attached hydrogens (tertiary/aromatic N) is 2. The lowest BCUT2D eigenvalue weighted by Gasteiger charge is -2.01. The van der Waals surface area contributed by atoms with Crippen molar-refractivity contribution in [2.75, 3.05) is 0 Å². The largest absolute Gasteiger partial charge is 0.331 e. The summed E-state index contributed by atoms with van der Waals surface area (Å²) in [7, 11) is 1.83. The van der Waals surface area contributed by atoms with E-state index < -0.39 is 0 Å². The lowest BCUT2D eigenvalue weighted by Crippen LogP contribution is -1.99. The van der Waals surface area contributed by atoms with Gasteiger partial charge in [-0.05, 0) is 30.5 Å². The number of halogens is 1. The zero-order chi connectivity index (χ0) is 12.3. The molecule has 0 spiro atoms. The number of carbonyl (C=O) groups is 1. The van der Waals surface area contributed by atoms with Crippen LogP contribution in [-0.4, -0.2) is 15.8 Å². The maximum Gasteiger partial charge on any atom is 0.168 e. The Kier molecular flexibility index (Phi) is 3.74. The van der Waals surface area contributed by atoms with Crippen molar-refractivity contribution in [2.24, 2.45) is 7.05 Å². The first-order valence-corrected chi connectivity index (χ1v) is 6.20. The number of benzene rings is 1. The van der Waals surface area contributed by atoms with Gasteiger partial charge in [-0.25, -0.2) is 4.98 Å². The lowest BCUT2D eigenvalue weighted by molar-refractivity contribution is 0.111. The van der Waals surface area contributed by atoms with E-state index in [0.717, 1.165) is 29.3 Å². The van der Waals surface area contributed by atoms with Crippen LogP contribution in [-0.2, 0) is 19.9 Å². The molecule has 17 heavy (non-hydrogen) atoms. The molecule has 0 N–H and O–H groups in total. The number of rotatable bonds is 4. The Bertz CT molecular complexity index is 517. The van der Waals surface area contributed by atoms with Gasteiger partial charge in [-0.1, -0.05) is 28.1 Å². The predicted molar refractivity (Wildman–Crippen MR) is 70.1 cm³/mol. The topological polar surface area (TPSA) is 34.9 Å². The van der Waals surface area contributed by atoms with E-state index in [9.17, 15) is 4.79 Å². The number of aldehydes is 1. The molecule has 0 radical (unpaired) electrons. The monoisotopic (exact) mass is 292 g/mol. The molecule has 3 nitrogen and oxygen atoms in total. The van der Waals surface area contributed by atoms with Crippen molar-refractivity contribution in [3.63, 3.8) is 0 Å². The van der Waals surface area contributed by atoms with E-state index in [2.05, 4.69) is 33.0 Å². The number of hydrogen-bond acceptors (Lipinski definition) is 2. The fourth-order valence-corrected chi connectivity index (χ4v) is 2.01. The molecule has 0 bridgehead atoms. The third-order valence-corrected chi connectivity index (χ3v) is 3.27. The fourth-order valence-electron chi connectivity index (χ4n) is 1.75. The molecule has 0 unspecified atom stereocenters. The molecule has 0 fully saturated rings. The molecular weight excluding hydrogens is 280 g/mol. The van der Waals surface area contributed by atoms with Gasteiger partial charge in [-0.15, -0.1) is 0 Å². The van der Waals surface area contributed by atoms with Crippen molar-refractivity contribution < 1.29 is 4.79 Å². The number of carbonyl (C=O) groups excluding carboxylic acids is 1. The van der Waals surface area contributed by atoms with Crippen molar-refractivity contribution in [3.8, 4) is 0 Å². The number of aromatic nitrogens is 2. The van der Waals surface area contributed by atoms with Crippen LogP contribution in [0.1, 0.15) is 21.7 Å². The second-order valence-electron chi connectivity index (χ2n) is 3.93. The maximum absolute atomic E-state index is 10.9. The van der Waals surface area contributed by atoms with Crippen LogP contribution < -0.4 is 0 Å². The molecule has 0 aliphatic rings. The average Bonchev–Trinajstić information content (AvgIpc) is 2.69. The van der Waals surface area contributed by atoms with Crippen LogP contribution in [0.15, 0.2) is 35.1 Å². The molecule has 88 valence electrons. The highest BCUT2D eigenvalue weighted by atomic mass is 79.9. The molecular formula is C13H13BrN2O. The van der Waals surface area contributed by atoms with Crippen molar-refractivity contribution in [2.45, 2.75) is 12.8 Å². The summed E-state index contributed by atoms with van der Waals surface area (Å²) in [5.41, 5.74) is 2.78. The Labute approximate surface area is 109 Å². The van der Waals surface area contributed by atoms with Gasteiger partial charge >= 0.3 is 0 Å². The van der Waals surface area contributed by atoms with Crippen LogP contribution >= 0.6 is 15.9 Å². The Morgan fingerprint density at radius 1 is 1.29 bits per heavy atom. The highest BCUT2D eigenvalue weighted by Gasteiger charge is 2.07. The SMILES string of the molecule is Cn1cnc(CCc2ccc(Br)cc2)c1C=O. The molecule has 0 saturated carbocycles. The first kappa shape index (κ1) is 12.0. The normalized spacial score (nSPS) is 10.5. The molecule has 0 aliphatic heterocycles.